The Morgan fingerprint density at radius 2 is 1.35 bits per heavy atom. The fourth-order valence-electron chi connectivity index (χ4n) is 6.38. The number of hydrogen-bond acceptors (Lipinski definition) is 6. The number of allylic oxidation sites excluding steroid dienone is 1. The predicted octanol–water partition coefficient (Wildman–Crippen LogP) is 11.0. The van der Waals surface area contributed by atoms with E-state index in [2.05, 4.69) is 91.3 Å². The predicted molar refractivity (Wildman–Crippen MR) is 225 cm³/mol. The van der Waals surface area contributed by atoms with Gasteiger partial charge in [0.05, 0.1) is 11.2 Å². The second kappa shape index (κ2) is 19.2. The molecule has 0 unspecified atom stereocenters. The van der Waals surface area contributed by atoms with E-state index in [9.17, 15) is 4.79 Å². The van der Waals surface area contributed by atoms with Crippen molar-refractivity contribution in [2.24, 2.45) is 0 Å². The van der Waals surface area contributed by atoms with Gasteiger partial charge in [-0.1, -0.05) is 91.7 Å². The lowest BCUT2D eigenvalue weighted by molar-refractivity contribution is -0.128. The van der Waals surface area contributed by atoms with Crippen molar-refractivity contribution in [2.45, 2.75) is 67.2 Å². The van der Waals surface area contributed by atoms with Gasteiger partial charge in [0.1, 0.15) is 24.7 Å². The maximum absolute atomic E-state index is 13.6. The maximum atomic E-state index is 13.6. The van der Waals surface area contributed by atoms with E-state index in [0.717, 1.165) is 53.2 Å². The normalized spacial score (nSPS) is 13.6. The number of aromatic nitrogens is 1. The largest absolute Gasteiger partial charge is 0.489 e. The number of benzene rings is 4. The standard InChI is InChI=1S/C46H50ClN3O4.ClH/c1-31(2)39-15-17-41(18-16-39)52-29-38-13-11-36(12-14-38)28-49-21-23-50(24-22-49)46(51)35(6)34(5)40-25-33(4)45(43(47)26-40)54-44-20-19-42(27-48-44)53-30-37-9-7-32(3)8-10-37;/h7-20,25-27,31H,21-24,28-30H2,1-6H3;1H/b35-34-;. The van der Waals surface area contributed by atoms with Crippen LogP contribution in [0.1, 0.15) is 72.6 Å². The lowest BCUT2D eigenvalue weighted by Gasteiger charge is -2.35. The van der Waals surface area contributed by atoms with Crippen molar-refractivity contribution < 1.29 is 19.0 Å². The van der Waals surface area contributed by atoms with Gasteiger partial charge < -0.3 is 19.1 Å². The van der Waals surface area contributed by atoms with Crippen molar-refractivity contribution >= 4 is 35.5 Å². The number of carbonyl (C=O) groups is 1. The first-order valence-electron chi connectivity index (χ1n) is 18.6. The van der Waals surface area contributed by atoms with Gasteiger partial charge in [-0.3, -0.25) is 9.69 Å². The highest BCUT2D eigenvalue weighted by molar-refractivity contribution is 6.32. The number of ether oxygens (including phenoxy) is 3. The van der Waals surface area contributed by atoms with E-state index in [1.165, 1.54) is 16.7 Å². The Morgan fingerprint density at radius 1 is 0.764 bits per heavy atom. The van der Waals surface area contributed by atoms with E-state index in [4.69, 9.17) is 25.8 Å². The molecule has 9 heteroatoms. The average Bonchev–Trinajstić information content (AvgIpc) is 3.18. The fraction of sp³-hybridized carbons (Fsp3) is 0.304. The summed E-state index contributed by atoms with van der Waals surface area (Å²) in [6, 6.07) is 32.7. The van der Waals surface area contributed by atoms with Crippen LogP contribution in [0.4, 0.5) is 0 Å². The van der Waals surface area contributed by atoms with Crippen LogP contribution in [0.25, 0.3) is 5.57 Å². The summed E-state index contributed by atoms with van der Waals surface area (Å²) in [4.78, 5) is 22.4. The summed E-state index contributed by atoms with van der Waals surface area (Å²) in [5.41, 5.74) is 9.35. The quantitative estimate of drug-likeness (QED) is 0.111. The molecule has 6 rings (SSSR count). The van der Waals surface area contributed by atoms with Crippen molar-refractivity contribution in [3.8, 4) is 23.1 Å². The van der Waals surface area contributed by atoms with Gasteiger partial charge in [-0.2, -0.15) is 0 Å². The van der Waals surface area contributed by atoms with Gasteiger partial charge in [0.15, 0.2) is 5.75 Å². The minimum absolute atomic E-state index is 0. The molecule has 1 aromatic heterocycles. The van der Waals surface area contributed by atoms with Crippen LogP contribution in [0.5, 0.6) is 23.1 Å². The Balaban J connectivity index is 0.00000580. The Hall–Kier alpha value is -4.82. The first kappa shape index (κ1) is 41.3. The maximum Gasteiger partial charge on any atom is 0.249 e. The van der Waals surface area contributed by atoms with E-state index in [-0.39, 0.29) is 18.3 Å². The molecular weight excluding hydrogens is 729 g/mol. The first-order valence-corrected chi connectivity index (χ1v) is 19.0. The van der Waals surface area contributed by atoms with Crippen LogP contribution < -0.4 is 14.2 Å². The first-order chi connectivity index (χ1) is 26.0. The van der Waals surface area contributed by atoms with Gasteiger partial charge in [0.2, 0.25) is 11.8 Å². The molecule has 1 fully saturated rings. The molecule has 1 amide bonds. The summed E-state index contributed by atoms with van der Waals surface area (Å²) in [7, 11) is 0. The number of amides is 1. The lowest BCUT2D eigenvalue weighted by atomic mass is 9.99. The van der Waals surface area contributed by atoms with Crippen molar-refractivity contribution in [2.75, 3.05) is 26.2 Å². The molecule has 0 spiro atoms. The van der Waals surface area contributed by atoms with Crippen molar-refractivity contribution in [1.82, 2.24) is 14.8 Å². The highest BCUT2D eigenvalue weighted by Gasteiger charge is 2.24. The summed E-state index contributed by atoms with van der Waals surface area (Å²) in [5.74, 6) is 3.04. The number of halogens is 2. The summed E-state index contributed by atoms with van der Waals surface area (Å²) in [5, 5.41) is 0.455. The Kier molecular flexibility index (Phi) is 14.4. The van der Waals surface area contributed by atoms with E-state index in [0.29, 0.717) is 60.2 Å². The van der Waals surface area contributed by atoms with Gasteiger partial charge in [0.25, 0.3) is 0 Å². The zero-order chi connectivity index (χ0) is 38.2. The van der Waals surface area contributed by atoms with Crippen molar-refractivity contribution in [3.63, 3.8) is 0 Å². The SMILES string of the molecule is C/C(C(=O)N1CCN(Cc2ccc(COc3ccc(C(C)C)cc3)cc2)CC1)=C(\C)c1cc(C)c(Oc2ccc(OCc3ccc(C)cc3)cn2)c(Cl)c1.Cl. The van der Waals surface area contributed by atoms with Gasteiger partial charge in [-0.05, 0) is 103 Å². The van der Waals surface area contributed by atoms with E-state index in [1.54, 1.807) is 12.3 Å². The number of hydrogen-bond donors (Lipinski definition) is 0. The number of piperazine rings is 1. The van der Waals surface area contributed by atoms with Gasteiger partial charge in [0, 0.05) is 44.4 Å². The number of pyridine rings is 1. The van der Waals surface area contributed by atoms with Crippen molar-refractivity contribution in [1.29, 1.82) is 0 Å². The highest BCUT2D eigenvalue weighted by atomic mass is 35.5. The molecule has 0 saturated carbocycles. The van der Waals surface area contributed by atoms with Crippen LogP contribution in [-0.2, 0) is 24.6 Å². The molecule has 55 heavy (non-hydrogen) atoms. The smallest absolute Gasteiger partial charge is 0.249 e. The molecular formula is C46H51Cl2N3O4. The molecule has 7 nitrogen and oxygen atoms in total. The zero-order valence-electron chi connectivity index (χ0n) is 32.6. The number of nitrogens with zero attached hydrogens (tertiary/aromatic N) is 3. The molecule has 0 N–H and O–H groups in total. The molecule has 1 aliphatic rings. The Bertz CT molecular complexity index is 2030. The van der Waals surface area contributed by atoms with Gasteiger partial charge in [-0.25, -0.2) is 4.98 Å². The Morgan fingerprint density at radius 3 is 1.93 bits per heavy atom. The third-order valence-corrected chi connectivity index (χ3v) is 10.3. The van der Waals surface area contributed by atoms with Crippen LogP contribution in [-0.4, -0.2) is 46.9 Å². The molecule has 2 heterocycles. The summed E-state index contributed by atoms with van der Waals surface area (Å²) >= 11 is 6.76. The van der Waals surface area contributed by atoms with E-state index in [1.807, 2.05) is 56.0 Å². The molecule has 0 atom stereocenters. The molecule has 0 radical (unpaired) electrons. The molecule has 1 aliphatic heterocycles. The average molecular weight is 781 g/mol. The zero-order valence-corrected chi connectivity index (χ0v) is 34.2. The Labute approximate surface area is 337 Å². The van der Waals surface area contributed by atoms with Crippen LogP contribution >= 0.6 is 24.0 Å². The summed E-state index contributed by atoms with van der Waals surface area (Å²) in [6.07, 6.45) is 1.64. The summed E-state index contributed by atoms with van der Waals surface area (Å²) < 4.78 is 18.0. The lowest BCUT2D eigenvalue weighted by Crippen LogP contribution is -2.48. The van der Waals surface area contributed by atoms with Crippen molar-refractivity contribution in [3.05, 3.63) is 153 Å². The highest BCUT2D eigenvalue weighted by Crippen LogP contribution is 2.36. The van der Waals surface area contributed by atoms with Gasteiger partial charge in [-0.15, -0.1) is 12.4 Å². The number of rotatable bonds is 13. The van der Waals surface area contributed by atoms with Crippen LogP contribution in [0.15, 0.2) is 109 Å². The third-order valence-electron chi connectivity index (χ3n) is 10.0. The topological polar surface area (TPSA) is 64.1 Å². The molecule has 0 bridgehead atoms. The molecule has 288 valence electrons. The van der Waals surface area contributed by atoms with Gasteiger partial charge >= 0.3 is 0 Å². The van der Waals surface area contributed by atoms with Crippen LogP contribution in [0, 0.1) is 13.8 Å². The minimum Gasteiger partial charge on any atom is -0.489 e. The molecule has 5 aromatic rings. The number of aryl methyl sites for hydroxylation is 2. The number of carbonyl (C=O) groups excluding carboxylic acids is 1. The van der Waals surface area contributed by atoms with E-state index >= 15 is 0 Å². The molecule has 4 aromatic carbocycles. The fourth-order valence-corrected chi connectivity index (χ4v) is 6.69. The van der Waals surface area contributed by atoms with Crippen LogP contribution in [0.2, 0.25) is 5.02 Å². The van der Waals surface area contributed by atoms with E-state index < -0.39 is 0 Å². The molecule has 0 aliphatic carbocycles. The monoisotopic (exact) mass is 779 g/mol. The third kappa shape index (κ3) is 11.1. The summed E-state index contributed by atoms with van der Waals surface area (Å²) in [6.45, 7) is 17.1. The second-order valence-corrected chi connectivity index (χ2v) is 14.9. The second-order valence-electron chi connectivity index (χ2n) is 14.5. The van der Waals surface area contributed by atoms with Crippen LogP contribution in [0.3, 0.4) is 0 Å². The molecule has 1 saturated heterocycles. The minimum atomic E-state index is 0.